The first-order valence-electron chi connectivity index (χ1n) is 7.24. The van der Waals surface area contributed by atoms with E-state index in [1.54, 1.807) is 6.20 Å². The molecule has 2 rings (SSSR count). The van der Waals surface area contributed by atoms with E-state index in [2.05, 4.69) is 41.2 Å². The van der Waals surface area contributed by atoms with Crippen molar-refractivity contribution < 1.29 is 4.52 Å². The van der Waals surface area contributed by atoms with Crippen LogP contribution in [0, 0.1) is 0 Å². The third-order valence-corrected chi connectivity index (χ3v) is 3.30. The van der Waals surface area contributed by atoms with E-state index in [9.17, 15) is 0 Å². The van der Waals surface area contributed by atoms with Crippen molar-refractivity contribution in [2.45, 2.75) is 46.1 Å². The van der Waals surface area contributed by atoms with Gasteiger partial charge in [-0.3, -0.25) is 4.98 Å². The first-order chi connectivity index (χ1) is 9.74. The van der Waals surface area contributed by atoms with Crippen LogP contribution in [0.25, 0.3) is 11.5 Å². The molecule has 108 valence electrons. The van der Waals surface area contributed by atoms with Crippen molar-refractivity contribution in [3.63, 3.8) is 0 Å². The Hall–Kier alpha value is -1.75. The number of nitrogens with one attached hydrogen (secondary N) is 1. The van der Waals surface area contributed by atoms with E-state index in [0.717, 1.165) is 37.1 Å². The van der Waals surface area contributed by atoms with Crippen LogP contribution < -0.4 is 5.32 Å². The van der Waals surface area contributed by atoms with Crippen LogP contribution in [0.5, 0.6) is 0 Å². The van der Waals surface area contributed by atoms with Gasteiger partial charge >= 0.3 is 0 Å². The number of pyridine rings is 1. The molecule has 0 radical (unpaired) electrons. The highest BCUT2D eigenvalue weighted by Crippen LogP contribution is 2.18. The molecule has 0 saturated carbocycles. The van der Waals surface area contributed by atoms with Gasteiger partial charge in [0.25, 0.3) is 0 Å². The van der Waals surface area contributed by atoms with Gasteiger partial charge in [-0.2, -0.15) is 4.98 Å². The maximum absolute atomic E-state index is 5.32. The molecule has 0 amide bonds. The second-order valence-corrected chi connectivity index (χ2v) is 4.87. The number of aromatic nitrogens is 3. The molecule has 2 heterocycles. The number of rotatable bonds is 7. The zero-order valence-electron chi connectivity index (χ0n) is 12.4. The summed E-state index contributed by atoms with van der Waals surface area (Å²) < 4.78 is 5.32. The van der Waals surface area contributed by atoms with Crippen LogP contribution in [0.3, 0.4) is 0 Å². The van der Waals surface area contributed by atoms with Gasteiger partial charge in [-0.05, 0) is 37.9 Å². The Balaban J connectivity index is 2.05. The molecule has 0 aliphatic heterocycles. The molecular weight excluding hydrogens is 252 g/mol. The van der Waals surface area contributed by atoms with Gasteiger partial charge in [0.05, 0.1) is 0 Å². The predicted octanol–water partition coefficient (Wildman–Crippen LogP) is 2.62. The van der Waals surface area contributed by atoms with Crippen molar-refractivity contribution in [3.8, 4) is 11.5 Å². The normalized spacial score (nSPS) is 12.6. The van der Waals surface area contributed by atoms with Crippen LogP contribution in [-0.4, -0.2) is 27.7 Å². The summed E-state index contributed by atoms with van der Waals surface area (Å²) in [7, 11) is 0. The smallest absolute Gasteiger partial charge is 0.227 e. The lowest BCUT2D eigenvalue weighted by Gasteiger charge is -2.09. The van der Waals surface area contributed by atoms with Crippen LogP contribution >= 0.6 is 0 Å². The molecule has 20 heavy (non-hydrogen) atoms. The van der Waals surface area contributed by atoms with Crippen molar-refractivity contribution in [3.05, 3.63) is 29.8 Å². The molecule has 1 N–H and O–H groups in total. The molecule has 0 aromatic carbocycles. The van der Waals surface area contributed by atoms with Crippen molar-refractivity contribution in [2.24, 2.45) is 0 Å². The summed E-state index contributed by atoms with van der Waals surface area (Å²) >= 11 is 0. The fraction of sp³-hybridized carbons (Fsp3) is 0.533. The number of aryl methyl sites for hydroxylation is 2. The van der Waals surface area contributed by atoms with Crippen molar-refractivity contribution in [1.82, 2.24) is 20.4 Å². The molecule has 5 nitrogen and oxygen atoms in total. The zero-order chi connectivity index (χ0) is 14.4. The average Bonchev–Trinajstić information content (AvgIpc) is 2.94. The van der Waals surface area contributed by atoms with Crippen LogP contribution in [0.1, 0.15) is 38.6 Å². The molecule has 0 aliphatic carbocycles. The first-order valence-corrected chi connectivity index (χ1v) is 7.24. The summed E-state index contributed by atoms with van der Waals surface area (Å²) in [5.74, 6) is 1.27. The average molecular weight is 274 g/mol. The van der Waals surface area contributed by atoms with Gasteiger partial charge in [-0.25, -0.2) is 0 Å². The first kappa shape index (κ1) is 14.7. The van der Waals surface area contributed by atoms with Crippen LogP contribution in [0.15, 0.2) is 22.9 Å². The van der Waals surface area contributed by atoms with Gasteiger partial charge in [0, 0.05) is 18.7 Å². The third kappa shape index (κ3) is 3.63. The monoisotopic (exact) mass is 274 g/mol. The number of hydrogen-bond acceptors (Lipinski definition) is 5. The van der Waals surface area contributed by atoms with Crippen LogP contribution in [-0.2, 0) is 12.8 Å². The summed E-state index contributed by atoms with van der Waals surface area (Å²) in [6.07, 6.45) is 4.44. The Morgan fingerprint density at radius 3 is 2.95 bits per heavy atom. The van der Waals surface area contributed by atoms with Gasteiger partial charge in [0.2, 0.25) is 11.7 Å². The maximum Gasteiger partial charge on any atom is 0.227 e. The predicted molar refractivity (Wildman–Crippen MR) is 78.4 cm³/mol. The van der Waals surface area contributed by atoms with E-state index in [1.807, 2.05) is 12.1 Å². The van der Waals surface area contributed by atoms with Crippen LogP contribution in [0.4, 0.5) is 0 Å². The molecule has 0 bridgehead atoms. The van der Waals surface area contributed by atoms with Gasteiger partial charge in [0.1, 0.15) is 5.69 Å². The van der Waals surface area contributed by atoms with Gasteiger partial charge in [0.15, 0.2) is 0 Å². The quantitative estimate of drug-likeness (QED) is 0.841. The highest BCUT2D eigenvalue weighted by atomic mass is 16.5. The Bertz CT molecular complexity index is 538. The lowest BCUT2D eigenvalue weighted by Crippen LogP contribution is -2.25. The molecule has 0 spiro atoms. The zero-order valence-corrected chi connectivity index (χ0v) is 12.4. The number of hydrogen-bond donors (Lipinski definition) is 1. The molecule has 2 aromatic heterocycles. The fourth-order valence-corrected chi connectivity index (χ4v) is 2.17. The van der Waals surface area contributed by atoms with E-state index < -0.39 is 0 Å². The summed E-state index contributed by atoms with van der Waals surface area (Å²) in [4.78, 5) is 8.81. The third-order valence-electron chi connectivity index (χ3n) is 3.30. The molecule has 0 saturated heterocycles. The van der Waals surface area contributed by atoms with E-state index in [0.29, 0.717) is 17.8 Å². The van der Waals surface area contributed by atoms with E-state index in [4.69, 9.17) is 4.52 Å². The minimum absolute atomic E-state index is 0.455. The SMILES string of the molecule is CCNC(C)CCc1nc(-c2ncccc2CC)no1. The summed E-state index contributed by atoms with van der Waals surface area (Å²) in [6, 6.07) is 4.43. The highest BCUT2D eigenvalue weighted by molar-refractivity contribution is 5.53. The summed E-state index contributed by atoms with van der Waals surface area (Å²) in [6.45, 7) is 7.34. The minimum Gasteiger partial charge on any atom is -0.339 e. The van der Waals surface area contributed by atoms with Crippen molar-refractivity contribution in [1.29, 1.82) is 0 Å². The molecule has 0 aliphatic rings. The van der Waals surface area contributed by atoms with Gasteiger partial charge in [-0.15, -0.1) is 0 Å². The maximum atomic E-state index is 5.32. The topological polar surface area (TPSA) is 63.8 Å². The lowest BCUT2D eigenvalue weighted by atomic mass is 10.1. The van der Waals surface area contributed by atoms with Gasteiger partial charge < -0.3 is 9.84 Å². The second kappa shape index (κ2) is 7.14. The molecule has 5 heteroatoms. The summed E-state index contributed by atoms with van der Waals surface area (Å²) in [5, 5.41) is 7.42. The van der Waals surface area contributed by atoms with Crippen molar-refractivity contribution in [2.75, 3.05) is 6.54 Å². The molecule has 0 fully saturated rings. The molecule has 1 unspecified atom stereocenters. The Kier molecular flexibility index (Phi) is 5.24. The Labute approximate surface area is 119 Å². The Morgan fingerprint density at radius 2 is 2.20 bits per heavy atom. The fourth-order valence-electron chi connectivity index (χ4n) is 2.17. The Morgan fingerprint density at radius 1 is 1.35 bits per heavy atom. The highest BCUT2D eigenvalue weighted by Gasteiger charge is 2.13. The second-order valence-electron chi connectivity index (χ2n) is 4.87. The van der Waals surface area contributed by atoms with Gasteiger partial charge in [-0.1, -0.05) is 25.1 Å². The van der Waals surface area contributed by atoms with E-state index in [1.165, 1.54) is 0 Å². The van der Waals surface area contributed by atoms with E-state index >= 15 is 0 Å². The molecular formula is C15H22N4O. The van der Waals surface area contributed by atoms with E-state index in [-0.39, 0.29) is 0 Å². The molecule has 2 aromatic rings. The largest absolute Gasteiger partial charge is 0.339 e. The lowest BCUT2D eigenvalue weighted by molar-refractivity contribution is 0.368. The van der Waals surface area contributed by atoms with Crippen LogP contribution in [0.2, 0.25) is 0 Å². The summed E-state index contributed by atoms with van der Waals surface area (Å²) in [5.41, 5.74) is 1.96. The number of nitrogens with zero attached hydrogens (tertiary/aromatic N) is 3. The van der Waals surface area contributed by atoms with Crippen molar-refractivity contribution >= 4 is 0 Å². The minimum atomic E-state index is 0.455. The standard InChI is InChI=1S/C15H22N4O/c1-4-12-7-6-10-17-14(12)15-18-13(20-19-15)9-8-11(3)16-5-2/h6-7,10-11,16H,4-5,8-9H2,1-3H3. The molecule has 1 atom stereocenters.